The zero-order valence-corrected chi connectivity index (χ0v) is 18.2. The van der Waals surface area contributed by atoms with Crippen molar-refractivity contribution in [3.05, 3.63) is 93.1 Å². The average Bonchev–Trinajstić information content (AvgIpc) is 3.17. The van der Waals surface area contributed by atoms with E-state index in [1.165, 1.54) is 22.4 Å². The highest BCUT2D eigenvalue weighted by molar-refractivity contribution is 7.99. The molecule has 1 aliphatic rings. The van der Waals surface area contributed by atoms with Crippen LogP contribution in [0.4, 0.5) is 0 Å². The van der Waals surface area contributed by atoms with Crippen molar-refractivity contribution in [3.63, 3.8) is 0 Å². The number of para-hydroxylation sites is 1. The number of fused-ring (bicyclic) bond motifs is 3. The normalized spacial score (nSPS) is 13.7. The summed E-state index contributed by atoms with van der Waals surface area (Å²) in [5, 5.41) is 1.60. The summed E-state index contributed by atoms with van der Waals surface area (Å²) < 4.78 is 1.80. The van der Waals surface area contributed by atoms with E-state index in [0.29, 0.717) is 0 Å². The predicted octanol–water partition coefficient (Wildman–Crippen LogP) is 6.13. The molecule has 0 bridgehead atoms. The van der Waals surface area contributed by atoms with Crippen molar-refractivity contribution in [2.45, 2.75) is 30.8 Å². The van der Waals surface area contributed by atoms with Crippen molar-refractivity contribution in [2.75, 3.05) is 5.75 Å². The van der Waals surface area contributed by atoms with E-state index in [4.69, 9.17) is 4.98 Å². The van der Waals surface area contributed by atoms with Gasteiger partial charge in [0.1, 0.15) is 4.83 Å². The summed E-state index contributed by atoms with van der Waals surface area (Å²) in [6.45, 7) is 0. The van der Waals surface area contributed by atoms with Crippen LogP contribution in [-0.2, 0) is 12.8 Å². The fourth-order valence-corrected chi connectivity index (χ4v) is 6.08. The molecular formula is C25H22N2OS2. The maximum Gasteiger partial charge on any atom is 0.267 e. The van der Waals surface area contributed by atoms with Crippen LogP contribution in [0.3, 0.4) is 0 Å². The minimum absolute atomic E-state index is 0.0696. The second-order valence-electron chi connectivity index (χ2n) is 7.39. The Kier molecular flexibility index (Phi) is 5.56. The number of hydrogen-bond donors (Lipinski definition) is 0. The van der Waals surface area contributed by atoms with E-state index >= 15 is 0 Å². The first-order valence-electron chi connectivity index (χ1n) is 10.3. The van der Waals surface area contributed by atoms with Crippen molar-refractivity contribution in [1.29, 1.82) is 0 Å². The van der Waals surface area contributed by atoms with Crippen molar-refractivity contribution in [2.24, 2.45) is 0 Å². The van der Waals surface area contributed by atoms with Crippen molar-refractivity contribution in [1.82, 2.24) is 9.55 Å². The molecule has 0 saturated carbocycles. The first-order chi connectivity index (χ1) is 14.8. The number of hydrogen-bond acceptors (Lipinski definition) is 4. The molecule has 2 aromatic heterocycles. The van der Waals surface area contributed by atoms with Crippen LogP contribution in [-0.4, -0.2) is 15.3 Å². The van der Waals surface area contributed by atoms with Crippen molar-refractivity contribution in [3.8, 4) is 5.69 Å². The first-order valence-corrected chi connectivity index (χ1v) is 12.1. The van der Waals surface area contributed by atoms with Gasteiger partial charge < -0.3 is 0 Å². The third-order valence-corrected chi connectivity index (χ3v) is 7.47. The van der Waals surface area contributed by atoms with Gasteiger partial charge in [-0.3, -0.25) is 9.36 Å². The molecule has 0 fully saturated rings. The molecule has 0 atom stereocenters. The summed E-state index contributed by atoms with van der Waals surface area (Å²) >= 11 is 3.32. The number of benzene rings is 2. The maximum absolute atomic E-state index is 13.6. The third-order valence-electron chi connectivity index (χ3n) is 5.39. The van der Waals surface area contributed by atoms with Gasteiger partial charge in [-0.15, -0.1) is 11.3 Å². The van der Waals surface area contributed by atoms with Crippen LogP contribution in [0.15, 0.2) is 76.7 Å². The summed E-state index contributed by atoms with van der Waals surface area (Å²) in [4.78, 5) is 20.9. The lowest BCUT2D eigenvalue weighted by molar-refractivity contribution is 0.699. The molecule has 3 nitrogen and oxygen atoms in total. The van der Waals surface area contributed by atoms with E-state index < -0.39 is 0 Å². The number of aryl methyl sites for hydroxylation is 2. The molecule has 0 aliphatic heterocycles. The Morgan fingerprint density at radius 2 is 1.73 bits per heavy atom. The lowest BCUT2D eigenvalue weighted by atomic mass is 9.97. The smallest absolute Gasteiger partial charge is 0.267 e. The number of thiophene rings is 1. The van der Waals surface area contributed by atoms with Crippen LogP contribution in [0, 0.1) is 0 Å². The first kappa shape index (κ1) is 19.3. The molecule has 0 radical (unpaired) electrons. The molecule has 4 aromatic rings. The second kappa shape index (κ2) is 8.62. The largest absolute Gasteiger partial charge is 0.268 e. The summed E-state index contributed by atoms with van der Waals surface area (Å²) in [6.07, 6.45) is 8.67. The maximum atomic E-state index is 13.6. The molecule has 150 valence electrons. The Labute approximate surface area is 184 Å². The summed E-state index contributed by atoms with van der Waals surface area (Å²) in [6, 6.07) is 20.1. The predicted molar refractivity (Wildman–Crippen MR) is 128 cm³/mol. The Hall–Kier alpha value is -2.63. The number of nitrogens with zero attached hydrogens (tertiary/aromatic N) is 2. The Morgan fingerprint density at radius 3 is 2.53 bits per heavy atom. The fraction of sp³-hybridized carbons (Fsp3) is 0.200. The Balaban J connectivity index is 1.56. The standard InChI is InChI=1S/C25H22N2OS2/c28-24-22-20-15-7-8-16-21(20)30-23(22)26-25(27(24)19-13-5-2-6-14-19)29-17-9-12-18-10-3-1-4-11-18/h1-6,9-14H,7-8,15-17H2. The van der Waals surface area contributed by atoms with E-state index in [2.05, 4.69) is 24.3 Å². The zero-order valence-electron chi connectivity index (χ0n) is 16.6. The van der Waals surface area contributed by atoms with Gasteiger partial charge in [0.2, 0.25) is 0 Å². The average molecular weight is 431 g/mol. The van der Waals surface area contributed by atoms with E-state index in [1.54, 1.807) is 27.7 Å². The van der Waals surface area contributed by atoms with Crippen LogP contribution in [0.2, 0.25) is 0 Å². The topological polar surface area (TPSA) is 34.9 Å². The van der Waals surface area contributed by atoms with Gasteiger partial charge in [0.15, 0.2) is 5.16 Å². The van der Waals surface area contributed by atoms with Crippen LogP contribution < -0.4 is 5.56 Å². The van der Waals surface area contributed by atoms with Crippen LogP contribution >= 0.6 is 23.1 Å². The van der Waals surface area contributed by atoms with E-state index in [-0.39, 0.29) is 5.56 Å². The van der Waals surface area contributed by atoms with Gasteiger partial charge in [0.25, 0.3) is 5.56 Å². The van der Waals surface area contributed by atoms with Crippen LogP contribution in [0.1, 0.15) is 28.8 Å². The molecule has 0 N–H and O–H groups in total. The molecule has 5 rings (SSSR count). The molecular weight excluding hydrogens is 408 g/mol. The fourth-order valence-electron chi connectivity index (χ4n) is 3.96. The molecule has 2 aromatic carbocycles. The van der Waals surface area contributed by atoms with Gasteiger partial charge in [0, 0.05) is 10.6 Å². The summed E-state index contributed by atoms with van der Waals surface area (Å²) in [5.74, 6) is 0.755. The van der Waals surface area contributed by atoms with Gasteiger partial charge in [-0.1, -0.05) is 72.4 Å². The summed E-state index contributed by atoms with van der Waals surface area (Å²) in [5.41, 5.74) is 3.36. The highest BCUT2D eigenvalue weighted by Gasteiger charge is 2.22. The molecule has 0 unspecified atom stereocenters. The summed E-state index contributed by atoms with van der Waals surface area (Å²) in [7, 11) is 0. The molecule has 0 spiro atoms. The highest BCUT2D eigenvalue weighted by Crippen LogP contribution is 2.35. The lowest BCUT2D eigenvalue weighted by Gasteiger charge is -2.13. The monoisotopic (exact) mass is 430 g/mol. The van der Waals surface area contributed by atoms with Crippen LogP contribution in [0.25, 0.3) is 22.0 Å². The molecule has 30 heavy (non-hydrogen) atoms. The SMILES string of the molecule is O=c1c2c3c(sc2nc(SCC=Cc2ccccc2)n1-c1ccccc1)CCCC3. The molecule has 5 heteroatoms. The van der Waals surface area contributed by atoms with Gasteiger partial charge in [-0.25, -0.2) is 4.98 Å². The number of aromatic nitrogens is 2. The van der Waals surface area contributed by atoms with Gasteiger partial charge in [-0.2, -0.15) is 0 Å². The van der Waals surface area contributed by atoms with Gasteiger partial charge >= 0.3 is 0 Å². The van der Waals surface area contributed by atoms with E-state index in [1.807, 2.05) is 48.5 Å². The number of rotatable bonds is 5. The van der Waals surface area contributed by atoms with Gasteiger partial charge in [-0.05, 0) is 48.9 Å². The van der Waals surface area contributed by atoms with Crippen molar-refractivity contribution >= 4 is 39.4 Å². The Bertz CT molecular complexity index is 1260. The second-order valence-corrected chi connectivity index (χ2v) is 9.46. The zero-order chi connectivity index (χ0) is 20.3. The van der Waals surface area contributed by atoms with E-state index in [9.17, 15) is 4.79 Å². The van der Waals surface area contributed by atoms with Crippen LogP contribution in [0.5, 0.6) is 0 Å². The van der Waals surface area contributed by atoms with E-state index in [0.717, 1.165) is 46.1 Å². The van der Waals surface area contributed by atoms with Crippen molar-refractivity contribution < 1.29 is 0 Å². The minimum Gasteiger partial charge on any atom is -0.268 e. The third kappa shape index (κ3) is 3.75. The Morgan fingerprint density at radius 1 is 1.00 bits per heavy atom. The molecule has 0 saturated heterocycles. The lowest BCUT2D eigenvalue weighted by Crippen LogP contribution is -2.22. The van der Waals surface area contributed by atoms with Gasteiger partial charge in [0.05, 0.1) is 11.1 Å². The molecule has 2 heterocycles. The number of thioether (sulfide) groups is 1. The minimum atomic E-state index is 0.0696. The quantitative estimate of drug-likeness (QED) is 0.282. The highest BCUT2D eigenvalue weighted by atomic mass is 32.2. The molecule has 1 aliphatic carbocycles. The molecule has 0 amide bonds.